The van der Waals surface area contributed by atoms with E-state index in [9.17, 15) is 4.79 Å². The number of hydrogen-bond acceptors (Lipinski definition) is 4. The SMILES string of the molecule is CCCCC1CN(Cc2ccc(C#N)cc2)C(=O)c2cc(N(C)Cc3ccc(Cl)cc3)nn21. The molecule has 170 valence electrons. The van der Waals surface area contributed by atoms with Crippen molar-refractivity contribution in [2.45, 2.75) is 45.3 Å². The van der Waals surface area contributed by atoms with Crippen molar-refractivity contribution in [1.82, 2.24) is 14.7 Å². The van der Waals surface area contributed by atoms with Crippen LogP contribution in [0, 0.1) is 11.3 Å². The predicted octanol–water partition coefficient (Wildman–Crippen LogP) is 5.43. The number of nitriles is 1. The fourth-order valence-corrected chi connectivity index (χ4v) is 4.35. The zero-order valence-corrected chi connectivity index (χ0v) is 19.8. The highest BCUT2D eigenvalue weighted by molar-refractivity contribution is 6.30. The summed E-state index contributed by atoms with van der Waals surface area (Å²) in [6, 6.07) is 19.4. The average Bonchev–Trinajstić information content (AvgIpc) is 3.28. The molecule has 7 heteroatoms. The molecule has 0 N–H and O–H groups in total. The highest BCUT2D eigenvalue weighted by Gasteiger charge is 2.33. The van der Waals surface area contributed by atoms with E-state index < -0.39 is 0 Å². The van der Waals surface area contributed by atoms with Crippen LogP contribution in [0.4, 0.5) is 5.82 Å². The van der Waals surface area contributed by atoms with E-state index in [-0.39, 0.29) is 11.9 Å². The highest BCUT2D eigenvalue weighted by Crippen LogP contribution is 2.29. The van der Waals surface area contributed by atoms with Crippen LogP contribution >= 0.6 is 11.6 Å². The molecule has 1 aliphatic rings. The maximum absolute atomic E-state index is 13.4. The summed E-state index contributed by atoms with van der Waals surface area (Å²) in [5.74, 6) is 0.778. The van der Waals surface area contributed by atoms with Gasteiger partial charge in [-0.2, -0.15) is 10.4 Å². The number of rotatable bonds is 8. The van der Waals surface area contributed by atoms with E-state index in [0.717, 1.165) is 36.2 Å². The molecule has 4 rings (SSSR count). The van der Waals surface area contributed by atoms with Gasteiger partial charge in [0, 0.05) is 37.8 Å². The van der Waals surface area contributed by atoms with Gasteiger partial charge in [0.1, 0.15) is 5.69 Å². The Hall–Kier alpha value is -3.30. The van der Waals surface area contributed by atoms with Crippen LogP contribution < -0.4 is 4.90 Å². The molecule has 1 amide bonds. The third-order valence-electron chi connectivity index (χ3n) is 6.08. The molecule has 0 saturated heterocycles. The first-order valence-corrected chi connectivity index (χ1v) is 11.7. The second kappa shape index (κ2) is 10.1. The van der Waals surface area contributed by atoms with E-state index in [1.165, 1.54) is 0 Å². The van der Waals surface area contributed by atoms with Gasteiger partial charge in [0.2, 0.25) is 0 Å². The summed E-state index contributed by atoms with van der Waals surface area (Å²) in [7, 11) is 1.99. The van der Waals surface area contributed by atoms with Gasteiger partial charge < -0.3 is 9.80 Å². The Morgan fingerprint density at radius 3 is 2.52 bits per heavy atom. The van der Waals surface area contributed by atoms with Gasteiger partial charge in [-0.05, 0) is 41.8 Å². The molecule has 33 heavy (non-hydrogen) atoms. The van der Waals surface area contributed by atoms with E-state index >= 15 is 0 Å². The summed E-state index contributed by atoms with van der Waals surface area (Å²) in [5.41, 5.74) is 3.40. The second-order valence-corrected chi connectivity index (χ2v) is 9.04. The molecular weight excluding hydrogens is 434 g/mol. The number of carbonyl (C=O) groups is 1. The molecule has 1 unspecified atom stereocenters. The van der Waals surface area contributed by atoms with Gasteiger partial charge in [-0.1, -0.05) is 55.6 Å². The molecule has 0 saturated carbocycles. The fraction of sp³-hybridized carbons (Fsp3) is 0.346. The molecule has 0 spiro atoms. The highest BCUT2D eigenvalue weighted by atomic mass is 35.5. The summed E-state index contributed by atoms with van der Waals surface area (Å²) >= 11 is 6.01. The van der Waals surface area contributed by atoms with Gasteiger partial charge >= 0.3 is 0 Å². The van der Waals surface area contributed by atoms with Crippen LogP contribution in [0.5, 0.6) is 0 Å². The number of anilines is 1. The normalized spacial score (nSPS) is 15.3. The van der Waals surface area contributed by atoms with Crippen molar-refractivity contribution in [3.8, 4) is 6.07 Å². The molecule has 2 aromatic carbocycles. The average molecular weight is 462 g/mol. The first kappa shape index (κ1) is 22.9. The Kier molecular flexibility index (Phi) is 7.00. The molecule has 0 aliphatic carbocycles. The summed E-state index contributed by atoms with van der Waals surface area (Å²) < 4.78 is 1.93. The summed E-state index contributed by atoms with van der Waals surface area (Å²) in [4.78, 5) is 17.3. The number of fused-ring (bicyclic) bond motifs is 1. The number of hydrogen-bond donors (Lipinski definition) is 0. The lowest BCUT2D eigenvalue weighted by atomic mass is 10.1. The van der Waals surface area contributed by atoms with Crippen LogP contribution in [0.15, 0.2) is 54.6 Å². The maximum Gasteiger partial charge on any atom is 0.272 e. The van der Waals surface area contributed by atoms with Crippen molar-refractivity contribution in [3.05, 3.63) is 82.0 Å². The first-order chi connectivity index (χ1) is 16.0. The smallest absolute Gasteiger partial charge is 0.272 e. The van der Waals surface area contributed by atoms with Crippen molar-refractivity contribution < 1.29 is 4.79 Å². The number of amides is 1. The van der Waals surface area contributed by atoms with Gasteiger partial charge in [-0.15, -0.1) is 0 Å². The molecule has 6 nitrogen and oxygen atoms in total. The fourth-order valence-electron chi connectivity index (χ4n) is 4.22. The molecule has 2 heterocycles. The molecular formula is C26H28ClN5O. The first-order valence-electron chi connectivity index (χ1n) is 11.3. The van der Waals surface area contributed by atoms with Crippen molar-refractivity contribution in [2.24, 2.45) is 0 Å². The van der Waals surface area contributed by atoms with E-state index in [0.29, 0.717) is 35.9 Å². The number of benzene rings is 2. The van der Waals surface area contributed by atoms with Crippen LogP contribution in [0.2, 0.25) is 5.02 Å². The van der Waals surface area contributed by atoms with Crippen LogP contribution in [-0.4, -0.2) is 34.2 Å². The monoisotopic (exact) mass is 461 g/mol. The minimum Gasteiger partial charge on any atom is -0.354 e. The van der Waals surface area contributed by atoms with Crippen molar-refractivity contribution in [3.63, 3.8) is 0 Å². The van der Waals surface area contributed by atoms with E-state index in [1.807, 2.05) is 59.1 Å². The lowest BCUT2D eigenvalue weighted by Gasteiger charge is -2.33. The van der Waals surface area contributed by atoms with Crippen LogP contribution in [0.1, 0.15) is 59.4 Å². The Morgan fingerprint density at radius 2 is 1.85 bits per heavy atom. The number of aromatic nitrogens is 2. The molecule has 3 aromatic rings. The van der Waals surface area contributed by atoms with E-state index in [2.05, 4.69) is 17.9 Å². The third-order valence-corrected chi connectivity index (χ3v) is 6.33. The lowest BCUT2D eigenvalue weighted by molar-refractivity contribution is 0.0635. The Bertz CT molecular complexity index is 1150. The lowest BCUT2D eigenvalue weighted by Crippen LogP contribution is -2.42. The van der Waals surface area contributed by atoms with Gasteiger partial charge in [-0.25, -0.2) is 0 Å². The number of halogens is 1. The molecule has 0 radical (unpaired) electrons. The largest absolute Gasteiger partial charge is 0.354 e. The van der Waals surface area contributed by atoms with Crippen molar-refractivity contribution in [1.29, 1.82) is 5.26 Å². The zero-order chi connectivity index (χ0) is 23.4. The van der Waals surface area contributed by atoms with Crippen molar-refractivity contribution in [2.75, 3.05) is 18.5 Å². The van der Waals surface area contributed by atoms with Crippen molar-refractivity contribution >= 4 is 23.3 Å². The number of carbonyl (C=O) groups excluding carboxylic acids is 1. The molecule has 0 fully saturated rings. The topological polar surface area (TPSA) is 65.2 Å². The summed E-state index contributed by atoms with van der Waals surface area (Å²) in [6.07, 6.45) is 3.15. The van der Waals surface area contributed by atoms with Crippen LogP contribution in [0.3, 0.4) is 0 Å². The Morgan fingerprint density at radius 1 is 1.15 bits per heavy atom. The van der Waals surface area contributed by atoms with Gasteiger partial charge in [0.15, 0.2) is 5.82 Å². The van der Waals surface area contributed by atoms with Gasteiger partial charge in [0.05, 0.1) is 17.7 Å². The standard InChI is InChI=1S/C26H28ClN5O/c1-3-4-5-23-18-31(17-21-8-6-19(15-28)7-9-21)26(33)24-14-25(29-32(23)24)30(2)16-20-10-12-22(27)13-11-20/h6-14,23H,3-5,16-18H2,1-2H3. The second-order valence-electron chi connectivity index (χ2n) is 8.61. The predicted molar refractivity (Wildman–Crippen MR) is 130 cm³/mol. The number of unbranched alkanes of at least 4 members (excludes halogenated alkanes) is 1. The van der Waals surface area contributed by atoms with Crippen LogP contribution in [-0.2, 0) is 13.1 Å². The molecule has 1 aliphatic heterocycles. The van der Waals surface area contributed by atoms with Crippen LogP contribution in [0.25, 0.3) is 0 Å². The maximum atomic E-state index is 13.4. The Balaban J connectivity index is 1.57. The van der Waals surface area contributed by atoms with Gasteiger partial charge in [0.25, 0.3) is 5.91 Å². The summed E-state index contributed by atoms with van der Waals surface area (Å²) in [5, 5.41) is 14.6. The summed E-state index contributed by atoms with van der Waals surface area (Å²) in [6.45, 7) is 4.01. The third kappa shape index (κ3) is 5.20. The zero-order valence-electron chi connectivity index (χ0n) is 19.0. The van der Waals surface area contributed by atoms with Gasteiger partial charge in [-0.3, -0.25) is 9.48 Å². The minimum atomic E-state index is -0.00856. The molecule has 1 atom stereocenters. The van der Waals surface area contributed by atoms with E-state index in [1.54, 1.807) is 12.1 Å². The Labute approximate surface area is 200 Å². The quantitative estimate of drug-likeness (QED) is 0.448. The number of nitrogens with zero attached hydrogens (tertiary/aromatic N) is 5. The minimum absolute atomic E-state index is 0.00856. The molecule has 1 aromatic heterocycles. The van der Waals surface area contributed by atoms with E-state index in [4.69, 9.17) is 22.0 Å². The molecule has 0 bridgehead atoms.